The van der Waals surface area contributed by atoms with Crippen molar-refractivity contribution in [3.8, 4) is 5.95 Å². The average Bonchev–Trinajstić information content (AvgIpc) is 2.86. The van der Waals surface area contributed by atoms with Gasteiger partial charge in [-0.2, -0.15) is 23.0 Å². The van der Waals surface area contributed by atoms with Gasteiger partial charge < -0.3 is 5.73 Å². The van der Waals surface area contributed by atoms with Crippen molar-refractivity contribution in [2.75, 3.05) is 5.73 Å². The molecule has 0 aliphatic heterocycles. The summed E-state index contributed by atoms with van der Waals surface area (Å²) in [4.78, 5) is 7.87. The van der Waals surface area contributed by atoms with Crippen LogP contribution in [0.5, 0.6) is 0 Å². The van der Waals surface area contributed by atoms with E-state index >= 15 is 0 Å². The SMILES string of the molecule is CC1CCCC=C1c1c(C(F)(F)F)nn(-c2ncccn2)c1N. The maximum Gasteiger partial charge on any atom is 0.435 e. The summed E-state index contributed by atoms with van der Waals surface area (Å²) in [6.45, 7) is 1.90. The van der Waals surface area contributed by atoms with Gasteiger partial charge in [0.2, 0.25) is 0 Å². The molecule has 0 aromatic carbocycles. The van der Waals surface area contributed by atoms with E-state index < -0.39 is 11.9 Å². The molecule has 23 heavy (non-hydrogen) atoms. The molecule has 0 saturated heterocycles. The van der Waals surface area contributed by atoms with Crippen molar-refractivity contribution in [1.29, 1.82) is 0 Å². The van der Waals surface area contributed by atoms with Crippen LogP contribution in [0.25, 0.3) is 11.5 Å². The third kappa shape index (κ3) is 2.80. The highest BCUT2D eigenvalue weighted by Gasteiger charge is 2.41. The Kier molecular flexibility index (Phi) is 3.83. The van der Waals surface area contributed by atoms with Crippen molar-refractivity contribution >= 4 is 11.4 Å². The highest BCUT2D eigenvalue weighted by atomic mass is 19.4. The van der Waals surface area contributed by atoms with Gasteiger partial charge in [-0.3, -0.25) is 0 Å². The second-order valence-corrected chi connectivity index (χ2v) is 5.56. The Morgan fingerprint density at radius 2 is 1.96 bits per heavy atom. The van der Waals surface area contributed by atoms with Crippen LogP contribution in [0.4, 0.5) is 19.0 Å². The quantitative estimate of drug-likeness (QED) is 0.919. The molecule has 1 aliphatic carbocycles. The van der Waals surface area contributed by atoms with Gasteiger partial charge in [-0.05, 0) is 36.8 Å². The van der Waals surface area contributed by atoms with Crippen molar-refractivity contribution < 1.29 is 13.2 Å². The fourth-order valence-corrected chi connectivity index (χ4v) is 2.85. The molecule has 2 aromatic heterocycles. The lowest BCUT2D eigenvalue weighted by atomic mass is 9.84. The normalized spacial score (nSPS) is 18.8. The van der Waals surface area contributed by atoms with E-state index in [2.05, 4.69) is 15.1 Å². The van der Waals surface area contributed by atoms with Crippen LogP contribution in [0.2, 0.25) is 0 Å². The monoisotopic (exact) mass is 323 g/mol. The van der Waals surface area contributed by atoms with E-state index in [9.17, 15) is 13.2 Å². The Morgan fingerprint density at radius 3 is 2.57 bits per heavy atom. The van der Waals surface area contributed by atoms with E-state index in [1.807, 2.05) is 13.0 Å². The van der Waals surface area contributed by atoms with Gasteiger partial charge in [0, 0.05) is 12.4 Å². The predicted octanol–water partition coefficient (Wildman–Crippen LogP) is 3.47. The molecule has 0 fully saturated rings. The minimum atomic E-state index is -4.60. The van der Waals surface area contributed by atoms with Crippen LogP contribution in [-0.4, -0.2) is 19.7 Å². The van der Waals surface area contributed by atoms with Gasteiger partial charge in [-0.25, -0.2) is 9.97 Å². The van der Waals surface area contributed by atoms with Crippen LogP contribution in [0.3, 0.4) is 0 Å². The number of aromatic nitrogens is 4. The first kappa shape index (κ1) is 15.5. The Hall–Kier alpha value is -2.38. The highest BCUT2D eigenvalue weighted by molar-refractivity contribution is 5.78. The van der Waals surface area contributed by atoms with Gasteiger partial charge in [-0.1, -0.05) is 13.0 Å². The molecule has 0 amide bonds. The van der Waals surface area contributed by atoms with E-state index in [4.69, 9.17) is 5.73 Å². The second kappa shape index (κ2) is 5.68. The molecule has 1 aliphatic rings. The summed E-state index contributed by atoms with van der Waals surface area (Å²) in [5.41, 5.74) is 5.58. The molecule has 2 N–H and O–H groups in total. The number of nitrogen functional groups attached to an aromatic ring is 1. The molecule has 3 rings (SSSR count). The van der Waals surface area contributed by atoms with E-state index in [0.29, 0.717) is 5.57 Å². The van der Waals surface area contributed by atoms with Gasteiger partial charge >= 0.3 is 6.18 Å². The fourth-order valence-electron chi connectivity index (χ4n) is 2.85. The third-order valence-corrected chi connectivity index (χ3v) is 3.96. The lowest BCUT2D eigenvalue weighted by molar-refractivity contribution is -0.141. The van der Waals surface area contributed by atoms with Crippen molar-refractivity contribution in [2.24, 2.45) is 5.92 Å². The first-order valence-electron chi connectivity index (χ1n) is 7.33. The zero-order valence-corrected chi connectivity index (χ0v) is 12.5. The van der Waals surface area contributed by atoms with Gasteiger partial charge in [0.15, 0.2) is 5.69 Å². The lowest BCUT2D eigenvalue weighted by Crippen LogP contribution is -2.12. The van der Waals surface area contributed by atoms with E-state index in [-0.39, 0.29) is 23.2 Å². The van der Waals surface area contributed by atoms with Crippen LogP contribution in [-0.2, 0) is 6.18 Å². The molecule has 2 heterocycles. The van der Waals surface area contributed by atoms with Crippen LogP contribution < -0.4 is 5.73 Å². The summed E-state index contributed by atoms with van der Waals surface area (Å²) in [5.74, 6) is -0.0594. The average molecular weight is 323 g/mol. The molecular formula is C15H16F3N5. The second-order valence-electron chi connectivity index (χ2n) is 5.56. The number of alkyl halides is 3. The third-order valence-electron chi connectivity index (χ3n) is 3.96. The summed E-state index contributed by atoms with van der Waals surface area (Å²) in [7, 11) is 0. The fraction of sp³-hybridized carbons (Fsp3) is 0.400. The Balaban J connectivity index is 2.22. The summed E-state index contributed by atoms with van der Waals surface area (Å²) in [5, 5.41) is 3.66. The molecule has 1 unspecified atom stereocenters. The summed E-state index contributed by atoms with van der Waals surface area (Å²) < 4.78 is 41.3. The van der Waals surface area contributed by atoms with Crippen molar-refractivity contribution in [2.45, 2.75) is 32.4 Å². The molecular weight excluding hydrogens is 307 g/mol. The molecule has 0 saturated carbocycles. The summed E-state index contributed by atoms with van der Waals surface area (Å²) in [6.07, 6.45) is 2.62. The smallest absolute Gasteiger partial charge is 0.383 e. The lowest BCUT2D eigenvalue weighted by Gasteiger charge is -2.21. The number of hydrogen-bond acceptors (Lipinski definition) is 4. The topological polar surface area (TPSA) is 69.6 Å². The molecule has 8 heteroatoms. The summed E-state index contributed by atoms with van der Waals surface area (Å²) >= 11 is 0. The molecule has 0 radical (unpaired) electrons. The molecule has 122 valence electrons. The van der Waals surface area contributed by atoms with Crippen molar-refractivity contribution in [1.82, 2.24) is 19.7 Å². The number of allylic oxidation sites excluding steroid dienone is 2. The molecule has 1 atom stereocenters. The largest absolute Gasteiger partial charge is 0.435 e. The number of halogens is 3. The van der Waals surface area contributed by atoms with Gasteiger partial charge in [-0.15, -0.1) is 0 Å². The van der Waals surface area contributed by atoms with Crippen molar-refractivity contribution in [3.63, 3.8) is 0 Å². The molecule has 5 nitrogen and oxygen atoms in total. The Labute approximate surface area is 131 Å². The maximum atomic E-state index is 13.4. The first-order valence-corrected chi connectivity index (χ1v) is 7.33. The first-order chi connectivity index (χ1) is 10.9. The zero-order chi connectivity index (χ0) is 16.6. The predicted molar refractivity (Wildman–Crippen MR) is 79.6 cm³/mol. The summed E-state index contributed by atoms with van der Waals surface area (Å²) in [6, 6.07) is 1.57. The van der Waals surface area contributed by atoms with Crippen LogP contribution in [0.15, 0.2) is 24.5 Å². The van der Waals surface area contributed by atoms with E-state index in [1.165, 1.54) is 12.4 Å². The van der Waals surface area contributed by atoms with Crippen LogP contribution in [0.1, 0.15) is 37.4 Å². The van der Waals surface area contributed by atoms with Gasteiger partial charge in [0.1, 0.15) is 5.82 Å². The highest BCUT2D eigenvalue weighted by Crippen LogP contribution is 2.42. The molecule has 2 aromatic rings. The molecule has 0 spiro atoms. The minimum absolute atomic E-state index is 0.00138. The Bertz CT molecular complexity index is 734. The zero-order valence-electron chi connectivity index (χ0n) is 12.5. The maximum absolute atomic E-state index is 13.4. The van der Waals surface area contributed by atoms with Gasteiger partial charge in [0.25, 0.3) is 5.95 Å². The van der Waals surface area contributed by atoms with E-state index in [0.717, 1.165) is 23.9 Å². The standard InChI is InChI=1S/C15H16F3N5/c1-9-5-2-3-6-10(9)11-12(15(16,17)18)22-23(13(11)19)14-20-7-4-8-21-14/h4,6-9H,2-3,5,19H2,1H3. The Morgan fingerprint density at radius 1 is 1.26 bits per heavy atom. The van der Waals surface area contributed by atoms with E-state index in [1.54, 1.807) is 6.07 Å². The van der Waals surface area contributed by atoms with Crippen molar-refractivity contribution in [3.05, 3.63) is 35.8 Å². The number of nitrogens with zero attached hydrogens (tertiary/aromatic N) is 4. The van der Waals surface area contributed by atoms with Gasteiger partial charge in [0.05, 0.1) is 5.56 Å². The number of anilines is 1. The van der Waals surface area contributed by atoms with Crippen LogP contribution in [0, 0.1) is 5.92 Å². The molecule has 0 bridgehead atoms. The number of rotatable bonds is 2. The van der Waals surface area contributed by atoms with Crippen LogP contribution >= 0.6 is 0 Å². The minimum Gasteiger partial charge on any atom is -0.383 e. The number of nitrogens with two attached hydrogens (primary N) is 1. The number of hydrogen-bond donors (Lipinski definition) is 1.